The van der Waals surface area contributed by atoms with E-state index in [1.165, 1.54) is 7.11 Å². The molecule has 7 heteroatoms. The number of rotatable bonds is 5. The Morgan fingerprint density at radius 1 is 1.56 bits per heavy atom. The highest BCUT2D eigenvalue weighted by Gasteiger charge is 2.12. The smallest absolute Gasteiger partial charge is 0.236 e. The van der Waals surface area contributed by atoms with Gasteiger partial charge in [-0.25, -0.2) is 13.4 Å². The number of halogens is 1. The van der Waals surface area contributed by atoms with Crippen LogP contribution in [0.2, 0.25) is 0 Å². The van der Waals surface area contributed by atoms with Gasteiger partial charge in [-0.3, -0.25) is 4.72 Å². The molecule has 0 aromatic carbocycles. The highest BCUT2D eigenvalue weighted by Crippen LogP contribution is 2.17. The zero-order chi connectivity index (χ0) is 12.2. The van der Waals surface area contributed by atoms with E-state index < -0.39 is 10.0 Å². The Morgan fingerprint density at radius 2 is 2.25 bits per heavy atom. The van der Waals surface area contributed by atoms with Gasteiger partial charge in [0.1, 0.15) is 5.82 Å². The van der Waals surface area contributed by atoms with Gasteiger partial charge in [0, 0.05) is 17.8 Å². The monoisotopic (exact) mass is 308 g/mol. The number of nitrogens with zero attached hydrogens (tertiary/aromatic N) is 1. The van der Waals surface area contributed by atoms with Crippen LogP contribution in [-0.4, -0.2) is 32.9 Å². The van der Waals surface area contributed by atoms with Crippen molar-refractivity contribution in [3.8, 4) is 0 Å². The molecule has 0 atom stereocenters. The molecule has 0 radical (unpaired) electrons. The van der Waals surface area contributed by atoms with Crippen LogP contribution in [0.5, 0.6) is 0 Å². The van der Waals surface area contributed by atoms with E-state index in [4.69, 9.17) is 4.74 Å². The molecule has 0 bridgehead atoms. The predicted octanol–water partition coefficient (Wildman–Crippen LogP) is 1.54. The zero-order valence-electron chi connectivity index (χ0n) is 9.03. The second kappa shape index (κ2) is 5.60. The first kappa shape index (κ1) is 13.4. The molecule has 0 aliphatic rings. The van der Waals surface area contributed by atoms with Gasteiger partial charge in [-0.1, -0.05) is 0 Å². The molecule has 0 spiro atoms. The lowest BCUT2D eigenvalue weighted by molar-refractivity contribution is 0.217. The average molecular weight is 309 g/mol. The normalized spacial score (nSPS) is 11.4. The van der Waals surface area contributed by atoms with Gasteiger partial charge in [-0.15, -0.1) is 0 Å². The van der Waals surface area contributed by atoms with E-state index in [-0.39, 0.29) is 12.4 Å². The molecule has 0 saturated heterocycles. The number of hydrogen-bond acceptors (Lipinski definition) is 4. The van der Waals surface area contributed by atoms with E-state index in [9.17, 15) is 8.42 Å². The minimum atomic E-state index is -3.38. The Bertz CT molecular complexity index is 462. The van der Waals surface area contributed by atoms with Crippen molar-refractivity contribution in [1.82, 2.24) is 4.98 Å². The number of methoxy groups -OCH3 is 1. The largest absolute Gasteiger partial charge is 0.384 e. The van der Waals surface area contributed by atoms with Crippen molar-refractivity contribution in [1.29, 1.82) is 0 Å². The first-order valence-electron chi connectivity index (χ1n) is 4.56. The molecule has 0 aliphatic carbocycles. The van der Waals surface area contributed by atoms with Crippen LogP contribution in [0.15, 0.2) is 16.7 Å². The number of pyridine rings is 1. The predicted molar refractivity (Wildman–Crippen MR) is 66.0 cm³/mol. The SMILES string of the molecule is COCCS(=O)(=O)Nc1ncc(Br)cc1C. The fourth-order valence-electron chi connectivity index (χ4n) is 1.04. The van der Waals surface area contributed by atoms with Gasteiger partial charge >= 0.3 is 0 Å². The second-order valence-electron chi connectivity index (χ2n) is 3.23. The van der Waals surface area contributed by atoms with E-state index in [1.54, 1.807) is 19.2 Å². The second-order valence-corrected chi connectivity index (χ2v) is 5.99. The van der Waals surface area contributed by atoms with Gasteiger partial charge in [0.25, 0.3) is 0 Å². The highest BCUT2D eigenvalue weighted by molar-refractivity contribution is 9.10. The van der Waals surface area contributed by atoms with Crippen LogP contribution >= 0.6 is 15.9 Å². The van der Waals surface area contributed by atoms with Gasteiger partial charge in [-0.2, -0.15) is 0 Å². The molecule has 1 aromatic rings. The van der Waals surface area contributed by atoms with Crippen molar-refractivity contribution in [2.24, 2.45) is 0 Å². The summed E-state index contributed by atoms with van der Waals surface area (Å²) in [5.41, 5.74) is 0.760. The van der Waals surface area contributed by atoms with Gasteiger partial charge in [0.05, 0.1) is 12.4 Å². The summed E-state index contributed by atoms with van der Waals surface area (Å²) in [6.45, 7) is 1.94. The third kappa shape index (κ3) is 4.07. The molecular formula is C9H13BrN2O3S. The van der Waals surface area contributed by atoms with Crippen LogP contribution in [-0.2, 0) is 14.8 Å². The molecule has 1 N–H and O–H groups in total. The molecule has 0 fully saturated rings. The molecular weight excluding hydrogens is 296 g/mol. The van der Waals surface area contributed by atoms with E-state index in [2.05, 4.69) is 25.6 Å². The maximum atomic E-state index is 11.6. The van der Waals surface area contributed by atoms with Crippen LogP contribution in [0.4, 0.5) is 5.82 Å². The summed E-state index contributed by atoms with van der Waals surface area (Å²) in [6, 6.07) is 1.79. The van der Waals surface area contributed by atoms with Crippen LogP contribution in [0, 0.1) is 6.92 Å². The van der Waals surface area contributed by atoms with Crippen molar-refractivity contribution in [3.05, 3.63) is 22.3 Å². The molecule has 0 aliphatic heterocycles. The number of anilines is 1. The summed E-state index contributed by atoms with van der Waals surface area (Å²) in [7, 11) is -1.93. The summed E-state index contributed by atoms with van der Waals surface area (Å²) >= 11 is 3.26. The van der Waals surface area contributed by atoms with Crippen molar-refractivity contribution < 1.29 is 13.2 Å². The first-order chi connectivity index (χ1) is 7.44. The Hall–Kier alpha value is -0.660. The number of aromatic nitrogens is 1. The quantitative estimate of drug-likeness (QED) is 0.896. The van der Waals surface area contributed by atoms with Crippen LogP contribution < -0.4 is 4.72 Å². The van der Waals surface area contributed by atoms with Crippen LogP contribution in [0.3, 0.4) is 0 Å². The van der Waals surface area contributed by atoms with E-state index in [0.717, 1.165) is 10.0 Å². The van der Waals surface area contributed by atoms with E-state index >= 15 is 0 Å². The number of hydrogen-bond donors (Lipinski definition) is 1. The van der Waals surface area contributed by atoms with Crippen LogP contribution in [0.25, 0.3) is 0 Å². The zero-order valence-corrected chi connectivity index (χ0v) is 11.4. The molecule has 1 aromatic heterocycles. The maximum absolute atomic E-state index is 11.6. The first-order valence-corrected chi connectivity index (χ1v) is 7.01. The third-order valence-electron chi connectivity index (χ3n) is 1.85. The standard InChI is InChI=1S/C9H13BrN2O3S/c1-7-5-8(10)6-11-9(7)12-16(13,14)4-3-15-2/h5-6H,3-4H2,1-2H3,(H,11,12). The van der Waals surface area contributed by atoms with Crippen molar-refractivity contribution >= 4 is 31.8 Å². The lowest BCUT2D eigenvalue weighted by Crippen LogP contribution is -2.20. The highest BCUT2D eigenvalue weighted by atomic mass is 79.9. The van der Waals surface area contributed by atoms with E-state index in [0.29, 0.717) is 5.82 Å². The fraction of sp³-hybridized carbons (Fsp3) is 0.444. The lowest BCUT2D eigenvalue weighted by atomic mass is 10.3. The molecule has 90 valence electrons. The Balaban J connectivity index is 2.80. The molecule has 0 amide bonds. The van der Waals surface area contributed by atoms with Crippen molar-refractivity contribution in [3.63, 3.8) is 0 Å². The minimum absolute atomic E-state index is 0.0827. The molecule has 0 unspecified atom stereocenters. The lowest BCUT2D eigenvalue weighted by Gasteiger charge is -2.09. The third-order valence-corrected chi connectivity index (χ3v) is 3.50. The van der Waals surface area contributed by atoms with Gasteiger partial charge in [0.2, 0.25) is 10.0 Å². The Morgan fingerprint density at radius 3 is 2.81 bits per heavy atom. The maximum Gasteiger partial charge on any atom is 0.236 e. The van der Waals surface area contributed by atoms with Crippen molar-refractivity contribution in [2.45, 2.75) is 6.92 Å². The van der Waals surface area contributed by atoms with E-state index in [1.807, 2.05) is 0 Å². The number of aryl methyl sites for hydroxylation is 1. The van der Waals surface area contributed by atoms with Crippen molar-refractivity contribution in [2.75, 3.05) is 24.2 Å². The summed E-state index contributed by atoms with van der Waals surface area (Å²) in [5, 5.41) is 0. The molecule has 16 heavy (non-hydrogen) atoms. The fourth-order valence-corrected chi connectivity index (χ4v) is 2.48. The summed E-state index contributed by atoms with van der Waals surface area (Å²) in [6.07, 6.45) is 1.54. The molecule has 5 nitrogen and oxygen atoms in total. The topological polar surface area (TPSA) is 68.3 Å². The average Bonchev–Trinajstić information content (AvgIpc) is 2.19. The number of sulfonamides is 1. The minimum Gasteiger partial charge on any atom is -0.384 e. The molecule has 0 saturated carbocycles. The van der Waals surface area contributed by atoms with Gasteiger partial charge < -0.3 is 4.74 Å². The van der Waals surface area contributed by atoms with Gasteiger partial charge in [0.15, 0.2) is 0 Å². The van der Waals surface area contributed by atoms with Gasteiger partial charge in [-0.05, 0) is 34.5 Å². The van der Waals surface area contributed by atoms with Crippen LogP contribution in [0.1, 0.15) is 5.56 Å². The Labute approximate surface area is 103 Å². The summed E-state index contributed by atoms with van der Waals surface area (Å²) in [4.78, 5) is 3.99. The Kier molecular flexibility index (Phi) is 4.69. The number of ether oxygens (including phenoxy) is 1. The number of nitrogens with one attached hydrogen (secondary N) is 1. The molecule has 1 heterocycles. The summed E-state index contributed by atoms with van der Waals surface area (Å²) < 4.78 is 31.0. The molecule has 1 rings (SSSR count). The summed E-state index contributed by atoms with van der Waals surface area (Å²) in [5.74, 6) is 0.264.